The molecule has 0 radical (unpaired) electrons. The molecule has 3 N–H and O–H groups in total. The van der Waals surface area contributed by atoms with Crippen LogP contribution in [0, 0.1) is 6.92 Å². The van der Waals surface area contributed by atoms with E-state index in [0.717, 1.165) is 5.56 Å². The number of benzene rings is 3. The van der Waals surface area contributed by atoms with Gasteiger partial charge in [-0.2, -0.15) is 5.10 Å². The summed E-state index contributed by atoms with van der Waals surface area (Å²) in [5, 5.41) is 13.7. The minimum absolute atomic E-state index is 0.00889. The number of hydrazone groups is 1. The van der Waals surface area contributed by atoms with Crippen LogP contribution >= 0.6 is 0 Å². The summed E-state index contributed by atoms with van der Waals surface area (Å²) in [7, 11) is -3.85. The van der Waals surface area contributed by atoms with Gasteiger partial charge in [0.1, 0.15) is 0 Å². The molecular weight excluding hydrogens is 454 g/mol. The van der Waals surface area contributed by atoms with Crippen molar-refractivity contribution >= 4 is 22.1 Å². The normalized spacial score (nSPS) is 12.4. The van der Waals surface area contributed by atoms with Gasteiger partial charge in [-0.3, -0.25) is 4.79 Å². The van der Waals surface area contributed by atoms with Gasteiger partial charge in [-0.1, -0.05) is 48.0 Å². The molecule has 0 spiro atoms. The van der Waals surface area contributed by atoms with Crippen LogP contribution < -0.4 is 14.9 Å². The van der Waals surface area contributed by atoms with Crippen molar-refractivity contribution in [1.29, 1.82) is 0 Å². The van der Waals surface area contributed by atoms with Gasteiger partial charge < -0.3 is 9.84 Å². The van der Waals surface area contributed by atoms with Crippen LogP contribution in [0.4, 0.5) is 0 Å². The van der Waals surface area contributed by atoms with E-state index in [4.69, 9.17) is 4.74 Å². The fraction of sp³-hybridized carbons (Fsp3) is 0.200. The van der Waals surface area contributed by atoms with Gasteiger partial charge in [0.25, 0.3) is 0 Å². The Morgan fingerprint density at radius 2 is 1.79 bits per heavy atom. The maximum absolute atomic E-state index is 12.9. The molecule has 3 aromatic rings. The molecule has 0 saturated carbocycles. The molecule has 0 aliphatic heterocycles. The highest BCUT2D eigenvalue weighted by atomic mass is 32.2. The first kappa shape index (κ1) is 24.9. The predicted octanol–water partition coefficient (Wildman–Crippen LogP) is 3.66. The number of nitrogens with zero attached hydrogens (tertiary/aromatic N) is 1. The summed E-state index contributed by atoms with van der Waals surface area (Å²) in [6, 6.07) is 19.3. The maximum atomic E-state index is 12.9. The number of aromatic hydroxyl groups is 1. The second kappa shape index (κ2) is 11.4. The second-order valence-electron chi connectivity index (χ2n) is 7.56. The zero-order chi connectivity index (χ0) is 24.6. The topological polar surface area (TPSA) is 117 Å². The molecule has 8 nitrogen and oxygen atoms in total. The molecule has 3 aromatic carbocycles. The van der Waals surface area contributed by atoms with Crippen molar-refractivity contribution in [3.8, 4) is 11.5 Å². The lowest BCUT2D eigenvalue weighted by Crippen LogP contribution is -2.32. The molecule has 1 atom stereocenters. The average molecular weight is 482 g/mol. The molecule has 0 saturated heterocycles. The van der Waals surface area contributed by atoms with E-state index < -0.39 is 22.0 Å². The number of amides is 1. The molecule has 9 heteroatoms. The van der Waals surface area contributed by atoms with Crippen LogP contribution in [-0.4, -0.2) is 32.3 Å². The average Bonchev–Trinajstić information content (AvgIpc) is 2.81. The van der Waals surface area contributed by atoms with Gasteiger partial charge in [0.15, 0.2) is 11.5 Å². The number of hydrogen-bond acceptors (Lipinski definition) is 6. The maximum Gasteiger partial charge on any atom is 0.242 e. The monoisotopic (exact) mass is 481 g/mol. The first-order valence-corrected chi connectivity index (χ1v) is 12.2. The molecule has 178 valence electrons. The molecular formula is C25H27N3O5S. The highest BCUT2D eigenvalue weighted by Gasteiger charge is 2.23. The Labute approximate surface area is 199 Å². The quantitative estimate of drug-likeness (QED) is 0.302. The number of phenolic OH excluding ortho intramolecular Hbond substituents is 1. The Kier molecular flexibility index (Phi) is 8.39. The number of carbonyl (C=O) groups is 1. The first-order chi connectivity index (χ1) is 16.3. The minimum atomic E-state index is -3.85. The van der Waals surface area contributed by atoms with E-state index in [2.05, 4.69) is 15.2 Å². The van der Waals surface area contributed by atoms with Gasteiger partial charge in [-0.15, -0.1) is 0 Å². The second-order valence-corrected chi connectivity index (χ2v) is 9.27. The summed E-state index contributed by atoms with van der Waals surface area (Å²) in [6.07, 6.45) is 1.25. The Hall–Kier alpha value is -3.69. The van der Waals surface area contributed by atoms with Crippen LogP contribution in [0.3, 0.4) is 0 Å². The fourth-order valence-corrected chi connectivity index (χ4v) is 4.40. The van der Waals surface area contributed by atoms with Crippen molar-refractivity contribution in [2.45, 2.75) is 31.2 Å². The third-order valence-corrected chi connectivity index (χ3v) is 6.39. The highest BCUT2D eigenvalue weighted by Crippen LogP contribution is 2.26. The third-order valence-electron chi connectivity index (χ3n) is 4.91. The smallest absolute Gasteiger partial charge is 0.242 e. The summed E-state index contributed by atoms with van der Waals surface area (Å²) in [4.78, 5) is 12.7. The van der Waals surface area contributed by atoms with Crippen LogP contribution in [0.1, 0.15) is 36.1 Å². The zero-order valence-electron chi connectivity index (χ0n) is 18.9. The van der Waals surface area contributed by atoms with Gasteiger partial charge >= 0.3 is 0 Å². The van der Waals surface area contributed by atoms with E-state index in [1.165, 1.54) is 24.4 Å². The van der Waals surface area contributed by atoms with Gasteiger partial charge in [0.05, 0.1) is 23.8 Å². The van der Waals surface area contributed by atoms with Gasteiger partial charge in [0.2, 0.25) is 15.9 Å². The Morgan fingerprint density at radius 3 is 2.47 bits per heavy atom. The first-order valence-electron chi connectivity index (χ1n) is 10.7. The number of aryl methyl sites for hydroxylation is 1. The van der Waals surface area contributed by atoms with Crippen LogP contribution in [0.25, 0.3) is 0 Å². The lowest BCUT2D eigenvalue weighted by atomic mass is 10.0. The molecule has 34 heavy (non-hydrogen) atoms. The molecule has 3 rings (SSSR count). The Balaban J connectivity index is 1.72. The SMILES string of the molecule is CCOc1cc(/C=N\NC(=O)C[C@@H](NS(=O)(=O)c2ccc(C)cc2)c2ccccc2)ccc1O. The number of carbonyl (C=O) groups excluding carboxylic acids is 1. The lowest BCUT2D eigenvalue weighted by Gasteiger charge is -2.18. The van der Waals surface area contributed by atoms with Gasteiger partial charge in [-0.05, 0) is 55.3 Å². The Bertz CT molecular complexity index is 1240. The Morgan fingerprint density at radius 1 is 1.09 bits per heavy atom. The van der Waals surface area contributed by atoms with E-state index in [9.17, 15) is 18.3 Å². The fourth-order valence-electron chi connectivity index (χ4n) is 3.18. The van der Waals surface area contributed by atoms with Crippen molar-refractivity contribution in [3.63, 3.8) is 0 Å². The number of phenols is 1. The van der Waals surface area contributed by atoms with Crippen molar-refractivity contribution < 1.29 is 23.1 Å². The van der Waals surface area contributed by atoms with Crippen LogP contribution in [-0.2, 0) is 14.8 Å². The van der Waals surface area contributed by atoms with E-state index in [1.807, 2.05) is 13.0 Å². The molecule has 0 heterocycles. The van der Waals surface area contributed by atoms with E-state index in [0.29, 0.717) is 23.5 Å². The summed E-state index contributed by atoms with van der Waals surface area (Å²) >= 11 is 0. The number of sulfonamides is 1. The summed E-state index contributed by atoms with van der Waals surface area (Å²) < 4.78 is 33.8. The van der Waals surface area contributed by atoms with Crippen LogP contribution in [0.2, 0.25) is 0 Å². The van der Waals surface area contributed by atoms with Crippen molar-refractivity contribution in [2.24, 2.45) is 5.10 Å². The lowest BCUT2D eigenvalue weighted by molar-refractivity contribution is -0.121. The molecule has 0 aliphatic rings. The third kappa shape index (κ3) is 6.90. The van der Waals surface area contributed by atoms with Crippen molar-refractivity contribution in [2.75, 3.05) is 6.61 Å². The number of rotatable bonds is 10. The molecule has 0 bridgehead atoms. The van der Waals surface area contributed by atoms with Crippen LogP contribution in [0.15, 0.2) is 82.8 Å². The summed E-state index contributed by atoms with van der Waals surface area (Å²) in [5.41, 5.74) is 4.63. The zero-order valence-corrected chi connectivity index (χ0v) is 19.7. The van der Waals surface area contributed by atoms with E-state index >= 15 is 0 Å². The number of nitrogens with one attached hydrogen (secondary N) is 2. The van der Waals surface area contributed by atoms with Gasteiger partial charge in [0, 0.05) is 6.42 Å². The summed E-state index contributed by atoms with van der Waals surface area (Å²) in [5.74, 6) is -0.150. The number of ether oxygens (including phenoxy) is 1. The van der Waals surface area contributed by atoms with E-state index in [1.54, 1.807) is 55.5 Å². The highest BCUT2D eigenvalue weighted by molar-refractivity contribution is 7.89. The van der Waals surface area contributed by atoms with Crippen molar-refractivity contribution in [3.05, 3.63) is 89.5 Å². The molecule has 0 fully saturated rings. The minimum Gasteiger partial charge on any atom is -0.504 e. The molecule has 0 aromatic heterocycles. The van der Waals surface area contributed by atoms with Gasteiger partial charge in [-0.25, -0.2) is 18.6 Å². The standard InChI is InChI=1S/C25H27N3O5S/c1-3-33-24-15-19(11-14-23(24)29)17-26-27-25(30)16-22(20-7-5-4-6-8-20)28-34(31,32)21-12-9-18(2)10-13-21/h4-15,17,22,28-29H,3,16H2,1-2H3,(H,27,30)/b26-17-/t22-/m1/s1. The van der Waals surface area contributed by atoms with Crippen LogP contribution in [0.5, 0.6) is 11.5 Å². The van der Waals surface area contributed by atoms with Crippen molar-refractivity contribution in [1.82, 2.24) is 10.1 Å². The molecule has 0 aliphatic carbocycles. The number of hydrogen-bond donors (Lipinski definition) is 3. The summed E-state index contributed by atoms with van der Waals surface area (Å²) in [6.45, 7) is 4.07. The molecule has 0 unspecified atom stereocenters. The predicted molar refractivity (Wildman–Crippen MR) is 130 cm³/mol. The van der Waals surface area contributed by atoms with E-state index in [-0.39, 0.29) is 17.1 Å². The molecule has 1 amide bonds. The largest absolute Gasteiger partial charge is 0.504 e.